The smallest absolute Gasteiger partial charge is 0.202 e. The molecule has 0 amide bonds. The Labute approximate surface area is 227 Å². The molecule has 6 aliphatic heterocycles. The highest BCUT2D eigenvalue weighted by atomic mass is 16.5. The third-order valence-electron chi connectivity index (χ3n) is 8.55. The van der Waals surface area contributed by atoms with E-state index in [-0.39, 0.29) is 11.7 Å². The maximum Gasteiger partial charge on any atom is 0.202 e. The number of piperazine rings is 1. The van der Waals surface area contributed by atoms with Gasteiger partial charge in [-0.2, -0.15) is 10.4 Å². The molecule has 3 saturated heterocycles. The first-order valence-electron chi connectivity index (χ1n) is 13.5. The molecule has 3 fully saturated rings. The molecule has 11 nitrogen and oxygen atoms in total. The first-order chi connectivity index (χ1) is 19.0. The van der Waals surface area contributed by atoms with Crippen molar-refractivity contribution in [3.63, 3.8) is 0 Å². The van der Waals surface area contributed by atoms with Crippen LogP contribution in [-0.2, 0) is 9.47 Å². The Morgan fingerprint density at radius 1 is 1.28 bits per heavy atom. The van der Waals surface area contributed by atoms with Crippen molar-refractivity contribution in [3.05, 3.63) is 59.5 Å². The molecule has 3 N–H and O–H groups in total. The Balaban J connectivity index is 1.05. The van der Waals surface area contributed by atoms with Crippen LogP contribution in [0.5, 0.6) is 0 Å². The van der Waals surface area contributed by atoms with Crippen LogP contribution in [0.15, 0.2) is 47.8 Å². The molecule has 0 aromatic carbocycles. The summed E-state index contributed by atoms with van der Waals surface area (Å²) in [5.74, 6) is 0.784. The van der Waals surface area contributed by atoms with E-state index in [1.807, 2.05) is 24.8 Å². The zero-order valence-corrected chi connectivity index (χ0v) is 22.2. The number of pyridine rings is 1. The summed E-state index contributed by atoms with van der Waals surface area (Å²) >= 11 is 0. The minimum atomic E-state index is -0.0280. The topological polar surface area (TPSA) is 114 Å². The van der Waals surface area contributed by atoms with Crippen molar-refractivity contribution >= 4 is 23.0 Å². The van der Waals surface area contributed by atoms with Gasteiger partial charge in [-0.05, 0) is 30.5 Å². The van der Waals surface area contributed by atoms with Crippen LogP contribution in [0.4, 0.5) is 0 Å². The van der Waals surface area contributed by atoms with Gasteiger partial charge in [-0.3, -0.25) is 14.8 Å². The number of aromatic nitrogens is 2. The Kier molecular flexibility index (Phi) is 5.84. The number of hydrogen-bond acceptors (Lipinski definition) is 10. The largest absolute Gasteiger partial charge is 0.482 e. The van der Waals surface area contributed by atoms with Crippen molar-refractivity contribution < 1.29 is 9.47 Å². The van der Waals surface area contributed by atoms with E-state index in [0.29, 0.717) is 30.9 Å². The summed E-state index contributed by atoms with van der Waals surface area (Å²) in [7, 11) is 1.68. The van der Waals surface area contributed by atoms with Gasteiger partial charge in [-0.15, -0.1) is 0 Å². The molecule has 39 heavy (non-hydrogen) atoms. The molecule has 4 unspecified atom stereocenters. The average Bonchev–Trinajstić information content (AvgIpc) is 3.67. The molecule has 0 aliphatic carbocycles. The molecule has 0 spiro atoms. The number of piperidine rings is 1. The standard InChI is InChI=1S/C28H33N9O2/c1-28(16-32-26(38-2)11-33-28)17-36-21-6-22(36)14-35(13-21)25-10-30-24(9-31-25)23-5-19(18-3-4-39-15-18)12-37-27(23)20(7-29)8-34-37/h3,5,8-12,21-22,25,31-33H,4,6,13-17H2,1-2H3. The summed E-state index contributed by atoms with van der Waals surface area (Å²) in [6, 6.07) is 5.45. The normalized spacial score (nSPS) is 30.3. The van der Waals surface area contributed by atoms with Crippen LogP contribution < -0.4 is 16.0 Å². The van der Waals surface area contributed by atoms with Crippen LogP contribution in [0.2, 0.25) is 0 Å². The number of ether oxygens (including phenoxy) is 2. The van der Waals surface area contributed by atoms with Crippen molar-refractivity contribution in [1.29, 1.82) is 5.26 Å². The summed E-state index contributed by atoms with van der Waals surface area (Å²) in [5, 5.41) is 24.6. The third-order valence-corrected chi connectivity index (χ3v) is 8.55. The van der Waals surface area contributed by atoms with Gasteiger partial charge in [0.1, 0.15) is 12.2 Å². The maximum atomic E-state index is 9.70. The second-order valence-corrected chi connectivity index (χ2v) is 11.2. The highest BCUT2D eigenvalue weighted by Gasteiger charge is 2.48. The SMILES string of the molecule is COC1=CNC(C)(CN2C3CC2CN(C2C=NC(c4cc(C5=CCOC5)cn5ncc(C#N)c45)=CN2)C3)CN1. The summed E-state index contributed by atoms with van der Waals surface area (Å²) in [5.41, 5.74) is 5.11. The van der Waals surface area contributed by atoms with E-state index >= 15 is 0 Å². The van der Waals surface area contributed by atoms with E-state index in [0.717, 1.165) is 60.0 Å². The number of fused-ring (bicyclic) bond motifs is 3. The Hall–Kier alpha value is -3.85. The molecule has 8 rings (SSSR count). The predicted molar refractivity (Wildman–Crippen MR) is 147 cm³/mol. The lowest BCUT2D eigenvalue weighted by Crippen LogP contribution is -2.74. The van der Waals surface area contributed by atoms with E-state index in [4.69, 9.17) is 14.5 Å². The molecule has 8 heterocycles. The molecule has 11 heteroatoms. The monoisotopic (exact) mass is 527 g/mol. The van der Waals surface area contributed by atoms with Gasteiger partial charge in [0, 0.05) is 62.4 Å². The molecule has 0 radical (unpaired) electrons. The van der Waals surface area contributed by atoms with E-state index in [9.17, 15) is 5.26 Å². The van der Waals surface area contributed by atoms with Gasteiger partial charge >= 0.3 is 0 Å². The molecule has 202 valence electrons. The quantitative estimate of drug-likeness (QED) is 0.508. The number of hydrogen-bond donors (Lipinski definition) is 3. The summed E-state index contributed by atoms with van der Waals surface area (Å²) in [4.78, 5) is 10.0. The van der Waals surface area contributed by atoms with Crippen LogP contribution >= 0.6 is 0 Å². The number of rotatable bonds is 6. The average molecular weight is 528 g/mol. The van der Waals surface area contributed by atoms with Gasteiger partial charge in [0.2, 0.25) is 5.88 Å². The number of methoxy groups -OCH3 is 1. The van der Waals surface area contributed by atoms with Crippen LogP contribution in [0.3, 0.4) is 0 Å². The minimum absolute atomic E-state index is 0.0280. The van der Waals surface area contributed by atoms with Crippen LogP contribution in [0, 0.1) is 11.3 Å². The Bertz CT molecular complexity index is 1460. The number of nitrogens with zero attached hydrogens (tertiary/aromatic N) is 6. The fourth-order valence-corrected chi connectivity index (χ4v) is 6.37. The highest BCUT2D eigenvalue weighted by Crippen LogP contribution is 2.35. The third kappa shape index (κ3) is 4.25. The molecule has 2 bridgehead atoms. The molecular formula is C28H33N9O2. The predicted octanol–water partition coefficient (Wildman–Crippen LogP) is 1.07. The van der Waals surface area contributed by atoms with Gasteiger partial charge in [0.05, 0.1) is 55.0 Å². The Morgan fingerprint density at radius 3 is 2.82 bits per heavy atom. The number of nitriles is 1. The van der Waals surface area contributed by atoms with Gasteiger partial charge in [-0.1, -0.05) is 6.08 Å². The zero-order chi connectivity index (χ0) is 26.6. The van der Waals surface area contributed by atoms with Crippen LogP contribution in [0.25, 0.3) is 16.8 Å². The minimum Gasteiger partial charge on any atom is -0.482 e. The van der Waals surface area contributed by atoms with E-state index in [1.165, 1.54) is 6.42 Å². The molecule has 2 aromatic heterocycles. The maximum absolute atomic E-state index is 9.70. The molecule has 2 aromatic rings. The van der Waals surface area contributed by atoms with Crippen molar-refractivity contribution in [2.75, 3.05) is 46.5 Å². The molecule has 0 saturated carbocycles. The van der Waals surface area contributed by atoms with Gasteiger partial charge in [0.15, 0.2) is 0 Å². The van der Waals surface area contributed by atoms with Crippen LogP contribution in [-0.4, -0.2) is 95.9 Å². The van der Waals surface area contributed by atoms with Gasteiger partial charge in [-0.25, -0.2) is 4.52 Å². The number of aliphatic imine (C=N–C) groups is 1. The molecule has 6 aliphatic rings. The van der Waals surface area contributed by atoms with Crippen molar-refractivity contribution in [3.8, 4) is 6.07 Å². The second-order valence-electron chi connectivity index (χ2n) is 11.2. The van der Waals surface area contributed by atoms with E-state index < -0.39 is 0 Å². The summed E-state index contributed by atoms with van der Waals surface area (Å²) in [6.45, 7) is 7.28. The summed E-state index contributed by atoms with van der Waals surface area (Å²) < 4.78 is 12.6. The van der Waals surface area contributed by atoms with Gasteiger partial charge in [0.25, 0.3) is 0 Å². The van der Waals surface area contributed by atoms with Gasteiger partial charge < -0.3 is 25.4 Å². The highest BCUT2D eigenvalue weighted by molar-refractivity contribution is 5.88. The second kappa shape index (κ2) is 9.41. The molecule has 4 atom stereocenters. The Morgan fingerprint density at radius 2 is 2.15 bits per heavy atom. The van der Waals surface area contributed by atoms with E-state index in [1.54, 1.807) is 17.8 Å². The summed E-state index contributed by atoms with van der Waals surface area (Å²) in [6.07, 6.45) is 12.9. The fourth-order valence-electron chi connectivity index (χ4n) is 6.37. The van der Waals surface area contributed by atoms with E-state index in [2.05, 4.69) is 56.0 Å². The zero-order valence-electron chi connectivity index (χ0n) is 22.2. The lowest BCUT2D eigenvalue weighted by atomic mass is 9.84. The fraction of sp³-hybridized carbons (Fsp3) is 0.464. The van der Waals surface area contributed by atoms with Crippen LogP contribution in [0.1, 0.15) is 30.0 Å². The lowest BCUT2D eigenvalue weighted by molar-refractivity contribution is -0.0873. The number of nitrogens with one attached hydrogen (secondary N) is 3. The van der Waals surface area contributed by atoms with Crippen molar-refractivity contribution in [1.82, 2.24) is 35.4 Å². The first kappa shape index (κ1) is 24.2. The van der Waals surface area contributed by atoms with Crippen molar-refractivity contribution in [2.24, 2.45) is 4.99 Å². The van der Waals surface area contributed by atoms with Crippen molar-refractivity contribution in [2.45, 2.75) is 37.1 Å². The lowest BCUT2D eigenvalue weighted by Gasteiger charge is -2.59. The first-order valence-corrected chi connectivity index (χ1v) is 13.5. The molecular weight excluding hydrogens is 494 g/mol.